The Kier molecular flexibility index (Phi) is 13.2. The van der Waals surface area contributed by atoms with E-state index >= 15 is 0 Å². The molecule has 0 atom stereocenters. The molecular weight excluding hydrogens is 592 g/mol. The van der Waals surface area contributed by atoms with Gasteiger partial charge in [-0.3, -0.25) is 4.79 Å². The van der Waals surface area contributed by atoms with Gasteiger partial charge in [0, 0.05) is 37.1 Å². The van der Waals surface area contributed by atoms with Crippen LogP contribution in [0.4, 0.5) is 16.2 Å². The zero-order chi connectivity index (χ0) is 32.0. The molecule has 45 heavy (non-hydrogen) atoms. The number of hydrogen-bond donors (Lipinski definition) is 3. The van der Waals surface area contributed by atoms with Crippen molar-refractivity contribution in [2.75, 3.05) is 43.9 Å². The number of carbonyl (C=O) groups is 2. The molecule has 242 valence electrons. The summed E-state index contributed by atoms with van der Waals surface area (Å²) in [4.78, 5) is 27.6. The van der Waals surface area contributed by atoms with Gasteiger partial charge in [0.25, 0.3) is 5.91 Å². The van der Waals surface area contributed by atoms with Gasteiger partial charge in [-0.1, -0.05) is 44.7 Å². The fraction of sp³-hybridized carbons (Fsp3) is 0.429. The van der Waals surface area contributed by atoms with Crippen LogP contribution in [0.1, 0.15) is 69.2 Å². The molecule has 0 unspecified atom stereocenters. The van der Waals surface area contributed by atoms with E-state index < -0.39 is 0 Å². The Bertz CT molecular complexity index is 1390. The molecule has 1 heterocycles. The van der Waals surface area contributed by atoms with Crippen LogP contribution in [-0.2, 0) is 0 Å². The summed E-state index contributed by atoms with van der Waals surface area (Å²) < 4.78 is 17.7. The maximum Gasteiger partial charge on any atom is 0.319 e. The van der Waals surface area contributed by atoms with Crippen LogP contribution in [0.25, 0.3) is 0 Å². The summed E-state index contributed by atoms with van der Waals surface area (Å²) in [6, 6.07) is 17.1. The first-order valence-corrected chi connectivity index (χ1v) is 16.3. The summed E-state index contributed by atoms with van der Waals surface area (Å²) in [5.74, 6) is 1.87. The Hall–Kier alpha value is -3.95. The van der Waals surface area contributed by atoms with E-state index in [0.717, 1.165) is 51.7 Å². The van der Waals surface area contributed by atoms with Crippen molar-refractivity contribution in [1.29, 1.82) is 0 Å². The molecule has 0 radical (unpaired) electrons. The number of methoxy groups -OCH3 is 1. The van der Waals surface area contributed by atoms with Crippen molar-refractivity contribution in [2.45, 2.75) is 64.9 Å². The van der Waals surface area contributed by atoms with Crippen molar-refractivity contribution < 1.29 is 23.8 Å². The number of benzene rings is 3. The standard InChI is InChI=1S/C35H45ClN4O5/c1-4-6-8-19-37-35(42)39-26-11-16-32(33(23-26)43-3)45-27-12-9-25(10-13-27)38-34(41)30-15-14-29(24-31(30)36)44-28-17-21-40(22-18-28)20-7-5-2/h9-16,23-24,28H,4-8,17-22H2,1-3H3,(H,38,41)(H2,37,39,42). The number of nitrogens with one attached hydrogen (secondary N) is 3. The smallest absolute Gasteiger partial charge is 0.319 e. The van der Waals surface area contributed by atoms with Crippen molar-refractivity contribution in [3.05, 3.63) is 71.2 Å². The van der Waals surface area contributed by atoms with Gasteiger partial charge < -0.3 is 35.1 Å². The van der Waals surface area contributed by atoms with E-state index in [1.807, 2.05) is 0 Å². The van der Waals surface area contributed by atoms with Crippen LogP contribution < -0.4 is 30.2 Å². The molecular formula is C35H45ClN4O5. The first-order valence-electron chi connectivity index (χ1n) is 15.9. The third-order valence-corrected chi connectivity index (χ3v) is 7.99. The number of halogens is 1. The van der Waals surface area contributed by atoms with E-state index in [4.69, 9.17) is 25.8 Å². The van der Waals surface area contributed by atoms with Crippen LogP contribution >= 0.6 is 11.6 Å². The second kappa shape index (κ2) is 17.5. The van der Waals surface area contributed by atoms with Crippen molar-refractivity contribution in [1.82, 2.24) is 10.2 Å². The van der Waals surface area contributed by atoms with E-state index in [0.29, 0.717) is 51.5 Å². The topological polar surface area (TPSA) is 101 Å². The summed E-state index contributed by atoms with van der Waals surface area (Å²) >= 11 is 6.50. The molecule has 0 aromatic heterocycles. The second-order valence-electron chi connectivity index (χ2n) is 11.2. The number of hydrogen-bond acceptors (Lipinski definition) is 6. The van der Waals surface area contributed by atoms with Crippen LogP contribution in [0.5, 0.6) is 23.0 Å². The van der Waals surface area contributed by atoms with Gasteiger partial charge in [0.2, 0.25) is 0 Å². The van der Waals surface area contributed by atoms with E-state index in [-0.39, 0.29) is 18.0 Å². The lowest BCUT2D eigenvalue weighted by Gasteiger charge is -2.32. The highest BCUT2D eigenvalue weighted by atomic mass is 35.5. The average molecular weight is 637 g/mol. The predicted octanol–water partition coefficient (Wildman–Crippen LogP) is 8.35. The molecule has 1 aliphatic heterocycles. The minimum Gasteiger partial charge on any atom is -0.493 e. The minimum atomic E-state index is -0.316. The number of rotatable bonds is 15. The zero-order valence-corrected chi connectivity index (χ0v) is 27.3. The summed E-state index contributed by atoms with van der Waals surface area (Å²) in [7, 11) is 1.54. The van der Waals surface area contributed by atoms with Gasteiger partial charge in [0.15, 0.2) is 11.5 Å². The van der Waals surface area contributed by atoms with Crippen LogP contribution in [0.2, 0.25) is 5.02 Å². The molecule has 0 spiro atoms. The Balaban J connectivity index is 1.28. The first-order chi connectivity index (χ1) is 21.9. The first kappa shape index (κ1) is 33.9. The second-order valence-corrected chi connectivity index (χ2v) is 11.6. The number of anilines is 2. The van der Waals surface area contributed by atoms with Gasteiger partial charge in [0.05, 0.1) is 17.7 Å². The highest BCUT2D eigenvalue weighted by Crippen LogP contribution is 2.34. The molecule has 0 aliphatic carbocycles. The Labute approximate surface area is 271 Å². The van der Waals surface area contributed by atoms with E-state index in [1.54, 1.807) is 60.7 Å². The Morgan fingerprint density at radius 1 is 0.844 bits per heavy atom. The molecule has 3 aromatic carbocycles. The molecule has 3 aromatic rings. The molecule has 1 aliphatic rings. The molecule has 1 fully saturated rings. The van der Waals surface area contributed by atoms with Crippen molar-refractivity contribution in [3.8, 4) is 23.0 Å². The van der Waals surface area contributed by atoms with E-state index in [9.17, 15) is 9.59 Å². The lowest BCUT2D eigenvalue weighted by atomic mass is 10.1. The number of piperidine rings is 1. The average Bonchev–Trinajstić information content (AvgIpc) is 3.04. The van der Waals surface area contributed by atoms with Crippen molar-refractivity contribution in [3.63, 3.8) is 0 Å². The molecule has 0 bridgehead atoms. The number of unbranched alkanes of at least 4 members (excludes halogenated alkanes) is 3. The number of likely N-dealkylation sites (tertiary alicyclic amines) is 1. The third kappa shape index (κ3) is 10.6. The number of carbonyl (C=O) groups excluding carboxylic acids is 2. The summed E-state index contributed by atoms with van der Waals surface area (Å²) in [6.45, 7) is 8.19. The van der Waals surface area contributed by atoms with Gasteiger partial charge in [-0.15, -0.1) is 0 Å². The SMILES string of the molecule is CCCCCNC(=O)Nc1ccc(Oc2ccc(NC(=O)c3ccc(OC4CCN(CCCC)CC4)cc3Cl)cc2)c(OC)c1. The molecule has 0 saturated carbocycles. The highest BCUT2D eigenvalue weighted by Gasteiger charge is 2.21. The monoisotopic (exact) mass is 636 g/mol. The number of amides is 3. The molecule has 4 rings (SSSR count). The summed E-state index contributed by atoms with van der Waals surface area (Å²) in [5, 5.41) is 8.88. The normalized spacial score (nSPS) is 13.6. The van der Waals surface area contributed by atoms with E-state index in [2.05, 4.69) is 34.7 Å². The maximum absolute atomic E-state index is 13.0. The largest absolute Gasteiger partial charge is 0.493 e. The third-order valence-electron chi connectivity index (χ3n) is 7.68. The maximum atomic E-state index is 13.0. The summed E-state index contributed by atoms with van der Waals surface area (Å²) in [5.41, 5.74) is 1.55. The van der Waals surface area contributed by atoms with Crippen molar-refractivity contribution in [2.24, 2.45) is 0 Å². The Morgan fingerprint density at radius 3 is 2.24 bits per heavy atom. The lowest BCUT2D eigenvalue weighted by molar-refractivity contribution is 0.0997. The quantitative estimate of drug-likeness (QED) is 0.145. The Morgan fingerprint density at radius 2 is 1.56 bits per heavy atom. The van der Waals surface area contributed by atoms with Gasteiger partial charge >= 0.3 is 6.03 Å². The van der Waals surface area contributed by atoms with E-state index in [1.165, 1.54) is 20.0 Å². The zero-order valence-electron chi connectivity index (χ0n) is 26.5. The summed E-state index contributed by atoms with van der Waals surface area (Å²) in [6.07, 6.45) is 7.67. The molecule has 3 N–H and O–H groups in total. The molecule has 9 nitrogen and oxygen atoms in total. The molecule has 1 saturated heterocycles. The van der Waals surface area contributed by atoms with Crippen LogP contribution in [0.15, 0.2) is 60.7 Å². The van der Waals surface area contributed by atoms with Gasteiger partial charge in [-0.2, -0.15) is 0 Å². The number of urea groups is 1. The molecule has 10 heteroatoms. The van der Waals surface area contributed by atoms with Crippen LogP contribution in [0.3, 0.4) is 0 Å². The predicted molar refractivity (Wildman–Crippen MR) is 180 cm³/mol. The number of ether oxygens (including phenoxy) is 3. The lowest BCUT2D eigenvalue weighted by Crippen LogP contribution is -2.38. The van der Waals surface area contributed by atoms with Crippen LogP contribution in [-0.4, -0.2) is 56.2 Å². The highest BCUT2D eigenvalue weighted by molar-refractivity contribution is 6.34. The van der Waals surface area contributed by atoms with Crippen molar-refractivity contribution >= 4 is 34.9 Å². The van der Waals surface area contributed by atoms with Gasteiger partial charge in [0.1, 0.15) is 17.6 Å². The fourth-order valence-corrected chi connectivity index (χ4v) is 5.35. The fourth-order valence-electron chi connectivity index (χ4n) is 5.09. The molecule has 3 amide bonds. The number of nitrogens with zero attached hydrogens (tertiary/aromatic N) is 1. The minimum absolute atomic E-state index is 0.153. The van der Waals surface area contributed by atoms with Gasteiger partial charge in [-0.25, -0.2) is 4.79 Å². The van der Waals surface area contributed by atoms with Gasteiger partial charge in [-0.05, 0) is 86.8 Å². The van der Waals surface area contributed by atoms with Crippen LogP contribution in [0, 0.1) is 0 Å².